The summed E-state index contributed by atoms with van der Waals surface area (Å²) >= 11 is 0. The van der Waals surface area contributed by atoms with E-state index >= 15 is 0 Å². The molecule has 1 N–H and O–H groups in total. The van der Waals surface area contributed by atoms with Crippen LogP contribution in [0, 0.1) is 5.92 Å². The first-order valence-corrected chi connectivity index (χ1v) is 8.92. The molecule has 3 rings (SSSR count). The Morgan fingerprint density at radius 2 is 1.95 bits per heavy atom. The second kappa shape index (κ2) is 7.04. The molecule has 6 heteroatoms. The Hall–Kier alpha value is -1.01. The molecule has 1 aromatic heterocycles. The van der Waals surface area contributed by atoms with Crippen LogP contribution in [-0.4, -0.2) is 49.4 Å². The smallest absolute Gasteiger partial charge is 0.168 e. The average Bonchev–Trinajstić information content (AvgIpc) is 3.09. The summed E-state index contributed by atoms with van der Waals surface area (Å²) in [5, 5.41) is 22.3. The molecule has 0 amide bonds. The lowest BCUT2D eigenvalue weighted by Gasteiger charge is -2.33. The van der Waals surface area contributed by atoms with Gasteiger partial charge < -0.3 is 5.11 Å². The van der Waals surface area contributed by atoms with Gasteiger partial charge in [-0.3, -0.25) is 4.90 Å². The first-order chi connectivity index (χ1) is 10.8. The monoisotopic (exact) mass is 307 g/mol. The van der Waals surface area contributed by atoms with Gasteiger partial charge in [0.1, 0.15) is 0 Å². The van der Waals surface area contributed by atoms with Crippen molar-refractivity contribution in [2.45, 2.75) is 76.9 Å². The molecular weight excluding hydrogens is 278 g/mol. The van der Waals surface area contributed by atoms with Crippen LogP contribution in [0.1, 0.15) is 76.7 Å². The Balaban J connectivity index is 1.80. The van der Waals surface area contributed by atoms with Gasteiger partial charge in [-0.15, -0.1) is 5.10 Å². The van der Waals surface area contributed by atoms with Gasteiger partial charge in [0.2, 0.25) is 0 Å². The van der Waals surface area contributed by atoms with Gasteiger partial charge >= 0.3 is 0 Å². The number of rotatable bonds is 7. The molecule has 0 unspecified atom stereocenters. The van der Waals surface area contributed by atoms with Crippen molar-refractivity contribution in [1.29, 1.82) is 0 Å². The number of tetrazole rings is 1. The number of hydrogen-bond donors (Lipinski definition) is 1. The van der Waals surface area contributed by atoms with Crippen molar-refractivity contribution in [1.82, 2.24) is 25.1 Å². The van der Waals surface area contributed by atoms with Gasteiger partial charge in [0.15, 0.2) is 5.82 Å². The second-order valence-corrected chi connectivity index (χ2v) is 6.88. The van der Waals surface area contributed by atoms with E-state index in [4.69, 9.17) is 0 Å². The molecule has 2 fully saturated rings. The Labute approximate surface area is 132 Å². The molecule has 22 heavy (non-hydrogen) atoms. The maximum atomic E-state index is 9.75. The van der Waals surface area contributed by atoms with Crippen LogP contribution >= 0.6 is 0 Å². The highest BCUT2D eigenvalue weighted by molar-refractivity contribution is 5.02. The molecule has 2 heterocycles. The van der Waals surface area contributed by atoms with Gasteiger partial charge in [0.05, 0.1) is 18.7 Å². The third-order valence-electron chi connectivity index (χ3n) is 5.71. The number of aromatic nitrogens is 4. The molecule has 0 radical (unpaired) electrons. The lowest BCUT2D eigenvalue weighted by atomic mass is 9.93. The van der Waals surface area contributed by atoms with Crippen molar-refractivity contribution in [3.63, 3.8) is 0 Å². The average molecular weight is 307 g/mol. The summed E-state index contributed by atoms with van der Waals surface area (Å²) in [7, 11) is 0. The molecule has 1 aliphatic carbocycles. The SMILES string of the molecule is CCC(CC)CN1[C@H](CO)CC[C@H]1c1nnnn1C1CCC1. The molecule has 1 aromatic rings. The molecule has 6 nitrogen and oxygen atoms in total. The fraction of sp³-hybridized carbons (Fsp3) is 0.938. The van der Waals surface area contributed by atoms with Gasteiger partial charge in [-0.05, 0) is 48.4 Å². The van der Waals surface area contributed by atoms with E-state index < -0.39 is 0 Å². The van der Waals surface area contributed by atoms with Gasteiger partial charge in [-0.1, -0.05) is 26.7 Å². The zero-order valence-electron chi connectivity index (χ0n) is 13.9. The highest BCUT2D eigenvalue weighted by Crippen LogP contribution is 2.39. The first kappa shape index (κ1) is 15.9. The summed E-state index contributed by atoms with van der Waals surface area (Å²) in [6.45, 7) is 5.79. The zero-order valence-corrected chi connectivity index (χ0v) is 13.9. The molecule has 0 spiro atoms. The fourth-order valence-corrected chi connectivity index (χ4v) is 3.84. The summed E-state index contributed by atoms with van der Waals surface area (Å²) in [5.41, 5.74) is 0. The van der Waals surface area contributed by atoms with Crippen LogP contribution in [0.15, 0.2) is 0 Å². The van der Waals surface area contributed by atoms with Crippen LogP contribution in [-0.2, 0) is 0 Å². The van der Waals surface area contributed by atoms with Gasteiger partial charge in [0, 0.05) is 12.6 Å². The Morgan fingerprint density at radius 3 is 2.55 bits per heavy atom. The molecule has 2 atom stereocenters. The van der Waals surface area contributed by atoms with Crippen LogP contribution in [0.2, 0.25) is 0 Å². The normalized spacial score (nSPS) is 26.7. The Bertz CT molecular complexity index is 469. The van der Waals surface area contributed by atoms with Crippen molar-refractivity contribution in [2.24, 2.45) is 5.92 Å². The number of likely N-dealkylation sites (tertiary alicyclic amines) is 1. The van der Waals surface area contributed by atoms with E-state index in [1.807, 2.05) is 0 Å². The van der Waals surface area contributed by atoms with Crippen LogP contribution in [0.4, 0.5) is 0 Å². The topological polar surface area (TPSA) is 67.1 Å². The van der Waals surface area contributed by atoms with Gasteiger partial charge in [0.25, 0.3) is 0 Å². The summed E-state index contributed by atoms with van der Waals surface area (Å²) in [5.74, 6) is 1.70. The van der Waals surface area contributed by atoms with E-state index in [9.17, 15) is 5.11 Å². The Morgan fingerprint density at radius 1 is 1.18 bits per heavy atom. The molecule has 1 aliphatic heterocycles. The van der Waals surface area contributed by atoms with Crippen molar-refractivity contribution in [3.05, 3.63) is 5.82 Å². The number of nitrogens with zero attached hydrogens (tertiary/aromatic N) is 5. The zero-order chi connectivity index (χ0) is 15.5. The minimum absolute atomic E-state index is 0.238. The van der Waals surface area contributed by atoms with Crippen LogP contribution in [0.25, 0.3) is 0 Å². The maximum absolute atomic E-state index is 9.75. The Kier molecular flexibility index (Phi) is 5.08. The van der Waals surface area contributed by atoms with Crippen molar-refractivity contribution < 1.29 is 5.11 Å². The molecule has 1 saturated carbocycles. The quantitative estimate of drug-likeness (QED) is 0.837. The highest BCUT2D eigenvalue weighted by Gasteiger charge is 2.39. The number of hydrogen-bond acceptors (Lipinski definition) is 5. The van der Waals surface area contributed by atoms with E-state index in [1.165, 1.54) is 32.1 Å². The van der Waals surface area contributed by atoms with E-state index in [0.717, 1.165) is 25.2 Å². The van der Waals surface area contributed by atoms with Crippen LogP contribution in [0.5, 0.6) is 0 Å². The standard InChI is InChI=1S/C16H29N5O/c1-3-12(4-2)10-20-14(11-22)8-9-15(20)16-17-18-19-21(16)13-6-5-7-13/h12-15,22H,3-11H2,1-2H3/t14-,15-/m0/s1. The third kappa shape index (κ3) is 2.91. The van der Waals surface area contributed by atoms with Crippen LogP contribution in [0.3, 0.4) is 0 Å². The largest absolute Gasteiger partial charge is 0.395 e. The van der Waals surface area contributed by atoms with Crippen molar-refractivity contribution >= 4 is 0 Å². The van der Waals surface area contributed by atoms with E-state index in [1.54, 1.807) is 0 Å². The molecule has 0 aromatic carbocycles. The fourth-order valence-electron chi connectivity index (χ4n) is 3.84. The number of aliphatic hydroxyl groups is 1. The molecular formula is C16H29N5O. The molecule has 124 valence electrons. The molecule has 2 aliphatic rings. The number of aliphatic hydroxyl groups excluding tert-OH is 1. The van der Waals surface area contributed by atoms with E-state index in [0.29, 0.717) is 12.0 Å². The van der Waals surface area contributed by atoms with E-state index in [-0.39, 0.29) is 18.7 Å². The highest BCUT2D eigenvalue weighted by atomic mass is 16.3. The summed E-state index contributed by atoms with van der Waals surface area (Å²) in [4.78, 5) is 2.47. The molecule has 0 bridgehead atoms. The summed E-state index contributed by atoms with van der Waals surface area (Å²) < 4.78 is 2.06. The molecule has 1 saturated heterocycles. The maximum Gasteiger partial charge on any atom is 0.168 e. The van der Waals surface area contributed by atoms with Crippen LogP contribution < -0.4 is 0 Å². The predicted octanol–water partition coefficient (Wildman–Crippen LogP) is 2.33. The van der Waals surface area contributed by atoms with E-state index in [2.05, 4.69) is 39.0 Å². The minimum atomic E-state index is 0.238. The third-order valence-corrected chi connectivity index (χ3v) is 5.71. The lowest BCUT2D eigenvalue weighted by molar-refractivity contribution is 0.101. The lowest BCUT2D eigenvalue weighted by Crippen LogP contribution is -2.39. The van der Waals surface area contributed by atoms with Gasteiger partial charge in [-0.25, -0.2) is 4.68 Å². The first-order valence-electron chi connectivity index (χ1n) is 8.92. The van der Waals surface area contributed by atoms with Crippen molar-refractivity contribution in [3.8, 4) is 0 Å². The van der Waals surface area contributed by atoms with Crippen molar-refractivity contribution in [2.75, 3.05) is 13.2 Å². The summed E-state index contributed by atoms with van der Waals surface area (Å²) in [6, 6.07) is 1.03. The predicted molar refractivity (Wildman–Crippen MR) is 84.3 cm³/mol. The second-order valence-electron chi connectivity index (χ2n) is 6.88. The minimum Gasteiger partial charge on any atom is -0.395 e. The van der Waals surface area contributed by atoms with Gasteiger partial charge in [-0.2, -0.15) is 0 Å². The summed E-state index contributed by atoms with van der Waals surface area (Å²) in [6.07, 6.45) is 8.14.